The quantitative estimate of drug-likeness (QED) is 0.753. The molecule has 1 N–H and O–H groups in total. The Hall–Kier alpha value is -0.320. The molecule has 3 aliphatic rings. The molecular weight excluding hydrogens is 240 g/mol. The van der Waals surface area contributed by atoms with Crippen LogP contribution in [0.4, 0.5) is 0 Å². The Balaban J connectivity index is 0.00000108. The van der Waals surface area contributed by atoms with Gasteiger partial charge in [-0.2, -0.15) is 0 Å². The summed E-state index contributed by atoms with van der Waals surface area (Å²) in [6, 6.07) is 0. The van der Waals surface area contributed by atoms with Gasteiger partial charge in [0.2, 0.25) is 0 Å². The van der Waals surface area contributed by atoms with Crippen molar-refractivity contribution >= 4 is 18.3 Å². The molecule has 0 aliphatic carbocycles. The Labute approximate surface area is 108 Å². The zero-order valence-corrected chi connectivity index (χ0v) is 10.9. The number of nitrogens with one attached hydrogen (secondary N) is 1. The minimum Gasteiger partial charge on any atom is -0.368 e. The Kier molecular flexibility index (Phi) is 4.28. The predicted octanol–water partition coefficient (Wildman–Crippen LogP) is 0.655. The van der Waals surface area contributed by atoms with Crippen LogP contribution in [0.3, 0.4) is 0 Å². The highest BCUT2D eigenvalue weighted by Crippen LogP contribution is 2.28. The minimum atomic E-state index is -0.138. The summed E-state index contributed by atoms with van der Waals surface area (Å²) < 4.78 is 5.57. The van der Waals surface area contributed by atoms with Gasteiger partial charge >= 0.3 is 0 Å². The van der Waals surface area contributed by atoms with E-state index in [9.17, 15) is 4.79 Å². The van der Waals surface area contributed by atoms with Crippen LogP contribution >= 0.6 is 12.4 Å². The second-order valence-corrected chi connectivity index (χ2v) is 5.28. The van der Waals surface area contributed by atoms with Crippen LogP contribution in [0.5, 0.6) is 0 Å². The maximum atomic E-state index is 12.2. The fourth-order valence-corrected chi connectivity index (χ4v) is 3.17. The van der Waals surface area contributed by atoms with E-state index in [1.165, 1.54) is 0 Å². The molecule has 3 saturated heterocycles. The Morgan fingerprint density at radius 3 is 2.47 bits per heavy atom. The summed E-state index contributed by atoms with van der Waals surface area (Å²) >= 11 is 0. The fraction of sp³-hybridized carbons (Fsp3) is 0.917. The number of fused-ring (bicyclic) bond motifs is 1. The second-order valence-electron chi connectivity index (χ2n) is 5.28. The first-order chi connectivity index (χ1) is 7.84. The van der Waals surface area contributed by atoms with Gasteiger partial charge in [0.1, 0.15) is 6.10 Å². The molecule has 98 valence electrons. The van der Waals surface area contributed by atoms with Crippen molar-refractivity contribution < 1.29 is 9.53 Å². The third kappa shape index (κ3) is 2.59. The van der Waals surface area contributed by atoms with Crippen molar-refractivity contribution in [2.24, 2.45) is 11.8 Å². The van der Waals surface area contributed by atoms with E-state index in [1.54, 1.807) is 0 Å². The summed E-state index contributed by atoms with van der Waals surface area (Å²) in [5.74, 6) is 1.62. The molecule has 0 aromatic carbocycles. The molecule has 0 bridgehead atoms. The van der Waals surface area contributed by atoms with Gasteiger partial charge in [0.15, 0.2) is 0 Å². The highest BCUT2D eigenvalue weighted by molar-refractivity contribution is 5.85. The molecule has 4 nitrogen and oxygen atoms in total. The van der Waals surface area contributed by atoms with Crippen molar-refractivity contribution in [1.29, 1.82) is 0 Å². The average Bonchev–Trinajstić information content (AvgIpc) is 2.89. The van der Waals surface area contributed by atoms with Crippen molar-refractivity contribution in [3.63, 3.8) is 0 Å². The highest BCUT2D eigenvalue weighted by Gasteiger charge is 2.40. The summed E-state index contributed by atoms with van der Waals surface area (Å²) in [6.45, 7) is 4.81. The maximum Gasteiger partial charge on any atom is 0.251 e. The van der Waals surface area contributed by atoms with Crippen LogP contribution in [-0.2, 0) is 9.53 Å². The summed E-state index contributed by atoms with van der Waals surface area (Å²) in [7, 11) is 0. The van der Waals surface area contributed by atoms with E-state index in [4.69, 9.17) is 4.74 Å². The van der Waals surface area contributed by atoms with E-state index in [2.05, 4.69) is 5.32 Å². The van der Waals surface area contributed by atoms with E-state index in [-0.39, 0.29) is 24.4 Å². The Morgan fingerprint density at radius 1 is 1.18 bits per heavy atom. The van der Waals surface area contributed by atoms with E-state index in [0.717, 1.165) is 52.0 Å². The van der Waals surface area contributed by atoms with Gasteiger partial charge in [-0.15, -0.1) is 12.4 Å². The van der Waals surface area contributed by atoms with Gasteiger partial charge in [0.25, 0.3) is 5.91 Å². The van der Waals surface area contributed by atoms with Crippen molar-refractivity contribution in [2.45, 2.75) is 25.4 Å². The maximum absolute atomic E-state index is 12.2. The van der Waals surface area contributed by atoms with Gasteiger partial charge < -0.3 is 15.0 Å². The number of halogens is 1. The van der Waals surface area contributed by atoms with E-state index in [0.29, 0.717) is 11.8 Å². The lowest BCUT2D eigenvalue weighted by Crippen LogP contribution is -2.41. The monoisotopic (exact) mass is 260 g/mol. The number of amides is 1. The molecule has 3 aliphatic heterocycles. The van der Waals surface area contributed by atoms with Gasteiger partial charge in [-0.1, -0.05) is 0 Å². The van der Waals surface area contributed by atoms with Crippen LogP contribution in [0.25, 0.3) is 0 Å². The van der Waals surface area contributed by atoms with Crippen molar-refractivity contribution in [3.05, 3.63) is 0 Å². The lowest BCUT2D eigenvalue weighted by molar-refractivity contribution is -0.145. The molecule has 0 radical (unpaired) electrons. The molecule has 0 aromatic heterocycles. The van der Waals surface area contributed by atoms with Crippen LogP contribution in [0.2, 0.25) is 0 Å². The number of ether oxygens (including phenoxy) is 1. The topological polar surface area (TPSA) is 41.6 Å². The molecule has 0 aromatic rings. The summed E-state index contributed by atoms with van der Waals surface area (Å²) in [4.78, 5) is 14.2. The highest BCUT2D eigenvalue weighted by atomic mass is 35.5. The molecule has 17 heavy (non-hydrogen) atoms. The van der Waals surface area contributed by atoms with Crippen LogP contribution in [-0.4, -0.2) is 49.7 Å². The predicted molar refractivity (Wildman–Crippen MR) is 67.3 cm³/mol. The lowest BCUT2D eigenvalue weighted by Gasteiger charge is -2.27. The first kappa shape index (κ1) is 13.1. The van der Waals surface area contributed by atoms with Crippen LogP contribution in [0, 0.1) is 11.8 Å². The lowest BCUT2D eigenvalue weighted by atomic mass is 10.0. The zero-order valence-electron chi connectivity index (χ0n) is 10.1. The number of carbonyl (C=O) groups excluding carboxylic acids is 1. The van der Waals surface area contributed by atoms with E-state index < -0.39 is 0 Å². The molecule has 3 heterocycles. The third-order valence-corrected chi connectivity index (χ3v) is 4.16. The van der Waals surface area contributed by atoms with Crippen molar-refractivity contribution in [3.8, 4) is 0 Å². The molecule has 5 heteroatoms. The third-order valence-electron chi connectivity index (χ3n) is 4.16. The molecule has 1 amide bonds. The van der Waals surface area contributed by atoms with Gasteiger partial charge in [-0.25, -0.2) is 0 Å². The normalized spacial score (nSPS) is 36.5. The smallest absolute Gasteiger partial charge is 0.251 e. The largest absolute Gasteiger partial charge is 0.368 e. The summed E-state index contributed by atoms with van der Waals surface area (Å²) in [5.41, 5.74) is 0. The Bertz CT molecular complexity index is 270. The van der Waals surface area contributed by atoms with Crippen LogP contribution < -0.4 is 5.32 Å². The van der Waals surface area contributed by atoms with Gasteiger partial charge in [0, 0.05) is 32.8 Å². The number of rotatable bonds is 1. The molecule has 1 unspecified atom stereocenters. The van der Waals surface area contributed by atoms with Gasteiger partial charge in [-0.05, 0) is 31.1 Å². The molecule has 0 spiro atoms. The fourth-order valence-electron chi connectivity index (χ4n) is 3.17. The average molecular weight is 261 g/mol. The SMILES string of the molecule is Cl.O=C(C1CCCCO1)N1C[C@H]2CNC[C@H]2C1. The molecule has 0 saturated carbocycles. The van der Waals surface area contributed by atoms with E-state index >= 15 is 0 Å². The number of nitrogens with zero attached hydrogens (tertiary/aromatic N) is 1. The number of likely N-dealkylation sites (tertiary alicyclic amines) is 1. The molecular formula is C12H21ClN2O2. The first-order valence-corrected chi connectivity index (χ1v) is 6.45. The minimum absolute atomic E-state index is 0. The summed E-state index contributed by atoms with van der Waals surface area (Å²) in [5, 5.41) is 3.39. The van der Waals surface area contributed by atoms with Gasteiger partial charge in [-0.3, -0.25) is 4.79 Å². The van der Waals surface area contributed by atoms with Crippen LogP contribution in [0.15, 0.2) is 0 Å². The molecule has 3 atom stereocenters. The first-order valence-electron chi connectivity index (χ1n) is 6.45. The van der Waals surface area contributed by atoms with Crippen molar-refractivity contribution in [1.82, 2.24) is 10.2 Å². The number of hydrogen-bond donors (Lipinski definition) is 1. The second kappa shape index (κ2) is 5.55. The molecule has 3 fully saturated rings. The Morgan fingerprint density at radius 2 is 1.88 bits per heavy atom. The summed E-state index contributed by atoms with van der Waals surface area (Å²) in [6.07, 6.45) is 3.03. The van der Waals surface area contributed by atoms with E-state index in [1.807, 2.05) is 4.90 Å². The molecule has 3 rings (SSSR count). The van der Waals surface area contributed by atoms with Crippen molar-refractivity contribution in [2.75, 3.05) is 32.8 Å². The van der Waals surface area contributed by atoms with Crippen LogP contribution in [0.1, 0.15) is 19.3 Å². The van der Waals surface area contributed by atoms with Gasteiger partial charge in [0.05, 0.1) is 0 Å². The zero-order chi connectivity index (χ0) is 11.0. The number of hydrogen-bond acceptors (Lipinski definition) is 3. The standard InChI is InChI=1S/C12H20N2O2.ClH/c15-12(11-3-1-2-4-16-11)14-7-9-5-13-6-10(9)8-14;/h9-11,13H,1-8H2;1H/t9-,10+,11?;. The number of carbonyl (C=O) groups is 1.